The first-order valence-corrected chi connectivity index (χ1v) is 3.79. The molecule has 0 spiro atoms. The van der Waals surface area contributed by atoms with Gasteiger partial charge >= 0.3 is 0 Å². The summed E-state index contributed by atoms with van der Waals surface area (Å²) in [5.41, 5.74) is 1.49. The van der Waals surface area contributed by atoms with Gasteiger partial charge in [0.1, 0.15) is 0 Å². The first-order chi connectivity index (χ1) is 6.40. The van der Waals surface area contributed by atoms with Crippen molar-refractivity contribution in [1.82, 2.24) is 4.98 Å². The van der Waals surface area contributed by atoms with E-state index in [0.29, 0.717) is 11.3 Å². The summed E-state index contributed by atoms with van der Waals surface area (Å²) in [6, 6.07) is 9.27. The van der Waals surface area contributed by atoms with Gasteiger partial charge in [0.25, 0.3) is 0 Å². The smallest absolute Gasteiger partial charge is 0.181 e. The van der Waals surface area contributed by atoms with Gasteiger partial charge in [0.05, 0.1) is 17.8 Å². The Bertz CT molecular complexity index is 440. The van der Waals surface area contributed by atoms with Crippen LogP contribution in [0.4, 0.5) is 0 Å². The van der Waals surface area contributed by atoms with Crippen LogP contribution >= 0.6 is 0 Å². The summed E-state index contributed by atoms with van der Waals surface area (Å²) in [5, 5.41) is 8.66. The summed E-state index contributed by atoms with van der Waals surface area (Å²) in [6.45, 7) is 0. The van der Waals surface area contributed by atoms with E-state index in [4.69, 9.17) is 9.68 Å². The monoisotopic (exact) mass is 170 g/mol. The highest BCUT2D eigenvalue weighted by Crippen LogP contribution is 2.18. The van der Waals surface area contributed by atoms with E-state index in [0.717, 1.165) is 5.56 Å². The highest BCUT2D eigenvalue weighted by molar-refractivity contribution is 5.58. The molecule has 62 valence electrons. The van der Waals surface area contributed by atoms with Gasteiger partial charge in [-0.05, 0) is 12.1 Å². The van der Waals surface area contributed by atoms with Gasteiger partial charge in [-0.1, -0.05) is 12.1 Å². The number of nitriles is 1. The molecule has 0 saturated heterocycles. The van der Waals surface area contributed by atoms with Crippen LogP contribution in [0.2, 0.25) is 0 Å². The standard InChI is InChI=1S/C10H6N2O/c11-5-8-2-1-3-9(4-8)10-6-12-7-13-10/h1-4,6-7H. The molecule has 0 aliphatic carbocycles. The Labute approximate surface area is 75.3 Å². The average Bonchev–Trinajstić information content (AvgIpc) is 2.71. The molecule has 0 fully saturated rings. The van der Waals surface area contributed by atoms with Crippen molar-refractivity contribution in [2.45, 2.75) is 0 Å². The predicted molar refractivity (Wildman–Crippen MR) is 46.7 cm³/mol. The molecule has 0 N–H and O–H groups in total. The van der Waals surface area contributed by atoms with Crippen molar-refractivity contribution < 1.29 is 4.42 Å². The van der Waals surface area contributed by atoms with E-state index < -0.39 is 0 Å². The molecule has 0 aliphatic rings. The van der Waals surface area contributed by atoms with Crippen LogP contribution in [-0.2, 0) is 0 Å². The van der Waals surface area contributed by atoms with Crippen LogP contribution in [0.5, 0.6) is 0 Å². The van der Waals surface area contributed by atoms with Crippen molar-refractivity contribution in [1.29, 1.82) is 5.26 Å². The minimum Gasteiger partial charge on any atom is -0.444 e. The molecule has 2 aromatic rings. The first kappa shape index (κ1) is 7.56. The van der Waals surface area contributed by atoms with Gasteiger partial charge in [-0.25, -0.2) is 4.98 Å². The van der Waals surface area contributed by atoms with Crippen molar-refractivity contribution in [3.05, 3.63) is 42.4 Å². The van der Waals surface area contributed by atoms with Crippen molar-refractivity contribution >= 4 is 0 Å². The van der Waals surface area contributed by atoms with E-state index in [2.05, 4.69) is 11.1 Å². The Morgan fingerprint density at radius 3 is 3.00 bits per heavy atom. The minimum absolute atomic E-state index is 0.619. The molecule has 0 atom stereocenters. The molecule has 0 amide bonds. The van der Waals surface area contributed by atoms with E-state index >= 15 is 0 Å². The molecule has 13 heavy (non-hydrogen) atoms. The lowest BCUT2D eigenvalue weighted by atomic mass is 10.1. The lowest BCUT2D eigenvalue weighted by Gasteiger charge is -1.94. The highest BCUT2D eigenvalue weighted by atomic mass is 16.3. The largest absolute Gasteiger partial charge is 0.444 e. The van der Waals surface area contributed by atoms with E-state index in [-0.39, 0.29) is 0 Å². The molecular formula is C10H6N2O. The van der Waals surface area contributed by atoms with Gasteiger partial charge in [0.2, 0.25) is 0 Å². The quantitative estimate of drug-likeness (QED) is 0.659. The summed E-state index contributed by atoms with van der Waals surface area (Å²) in [7, 11) is 0. The molecule has 0 unspecified atom stereocenters. The zero-order valence-electron chi connectivity index (χ0n) is 6.77. The van der Waals surface area contributed by atoms with Crippen LogP contribution in [0.15, 0.2) is 41.3 Å². The molecule has 0 radical (unpaired) electrons. The van der Waals surface area contributed by atoms with E-state index in [1.807, 2.05) is 12.1 Å². The van der Waals surface area contributed by atoms with Gasteiger partial charge in [0.15, 0.2) is 12.2 Å². The van der Waals surface area contributed by atoms with Gasteiger partial charge in [-0.15, -0.1) is 0 Å². The Morgan fingerprint density at radius 1 is 1.38 bits per heavy atom. The average molecular weight is 170 g/mol. The predicted octanol–water partition coefficient (Wildman–Crippen LogP) is 2.21. The van der Waals surface area contributed by atoms with Crippen LogP contribution in [-0.4, -0.2) is 4.98 Å². The summed E-state index contributed by atoms with van der Waals surface area (Å²) in [6.07, 6.45) is 2.99. The molecule has 0 aliphatic heterocycles. The normalized spacial score (nSPS) is 9.46. The van der Waals surface area contributed by atoms with Crippen LogP contribution in [0, 0.1) is 11.3 Å². The molecule has 2 rings (SSSR count). The third-order valence-corrected chi connectivity index (χ3v) is 1.71. The highest BCUT2D eigenvalue weighted by Gasteiger charge is 2.00. The summed E-state index contributed by atoms with van der Waals surface area (Å²) >= 11 is 0. The second-order valence-corrected chi connectivity index (χ2v) is 2.56. The fourth-order valence-electron chi connectivity index (χ4n) is 1.10. The van der Waals surface area contributed by atoms with Crippen LogP contribution in [0.25, 0.3) is 11.3 Å². The Morgan fingerprint density at radius 2 is 2.31 bits per heavy atom. The lowest BCUT2D eigenvalue weighted by molar-refractivity contribution is 0.572. The fraction of sp³-hybridized carbons (Fsp3) is 0. The van der Waals surface area contributed by atoms with Gasteiger partial charge in [-0.2, -0.15) is 5.26 Å². The summed E-state index contributed by atoms with van der Waals surface area (Å²) in [5.74, 6) is 0.678. The second kappa shape index (κ2) is 3.11. The van der Waals surface area contributed by atoms with Crippen molar-refractivity contribution in [2.75, 3.05) is 0 Å². The molecule has 1 heterocycles. The summed E-state index contributed by atoms with van der Waals surface area (Å²) < 4.78 is 5.10. The van der Waals surface area contributed by atoms with Crippen molar-refractivity contribution in [3.63, 3.8) is 0 Å². The zero-order chi connectivity index (χ0) is 9.10. The van der Waals surface area contributed by atoms with E-state index in [9.17, 15) is 0 Å². The molecular weight excluding hydrogens is 164 g/mol. The second-order valence-electron chi connectivity index (χ2n) is 2.56. The maximum atomic E-state index is 8.66. The first-order valence-electron chi connectivity index (χ1n) is 3.79. The summed E-state index contributed by atoms with van der Waals surface area (Å²) in [4.78, 5) is 3.80. The maximum absolute atomic E-state index is 8.66. The van der Waals surface area contributed by atoms with Crippen molar-refractivity contribution in [3.8, 4) is 17.4 Å². The molecule has 1 aromatic carbocycles. The zero-order valence-corrected chi connectivity index (χ0v) is 6.77. The van der Waals surface area contributed by atoms with Crippen LogP contribution in [0.1, 0.15) is 5.56 Å². The number of oxazole rings is 1. The molecule has 0 bridgehead atoms. The number of aromatic nitrogens is 1. The van der Waals surface area contributed by atoms with Crippen LogP contribution < -0.4 is 0 Å². The lowest BCUT2D eigenvalue weighted by Crippen LogP contribution is -1.76. The number of hydrogen-bond donors (Lipinski definition) is 0. The third kappa shape index (κ3) is 1.42. The number of nitrogens with zero attached hydrogens (tertiary/aromatic N) is 2. The molecule has 3 heteroatoms. The SMILES string of the molecule is N#Cc1cccc(-c2cnco2)c1. The molecule has 0 saturated carbocycles. The number of hydrogen-bond acceptors (Lipinski definition) is 3. The van der Waals surface area contributed by atoms with Crippen LogP contribution in [0.3, 0.4) is 0 Å². The maximum Gasteiger partial charge on any atom is 0.181 e. The minimum atomic E-state index is 0.619. The Kier molecular flexibility index (Phi) is 1.81. The Balaban J connectivity index is 2.49. The van der Waals surface area contributed by atoms with Gasteiger partial charge < -0.3 is 4.42 Å². The topological polar surface area (TPSA) is 49.8 Å². The third-order valence-electron chi connectivity index (χ3n) is 1.71. The fourth-order valence-corrected chi connectivity index (χ4v) is 1.10. The van der Waals surface area contributed by atoms with E-state index in [1.165, 1.54) is 6.39 Å². The molecule has 1 aromatic heterocycles. The number of rotatable bonds is 1. The van der Waals surface area contributed by atoms with Crippen molar-refractivity contribution in [2.24, 2.45) is 0 Å². The van der Waals surface area contributed by atoms with E-state index in [1.54, 1.807) is 18.3 Å². The van der Waals surface area contributed by atoms with Gasteiger partial charge in [0, 0.05) is 5.56 Å². The van der Waals surface area contributed by atoms with Gasteiger partial charge in [-0.3, -0.25) is 0 Å². The molecule has 3 nitrogen and oxygen atoms in total. The Hall–Kier alpha value is -2.08. The number of benzene rings is 1.